The largest absolute Gasteiger partial charge is 0.493 e. The van der Waals surface area contributed by atoms with Gasteiger partial charge in [-0.1, -0.05) is 6.07 Å². The third kappa shape index (κ3) is 3.35. The van der Waals surface area contributed by atoms with Gasteiger partial charge in [0.15, 0.2) is 17.6 Å². The maximum absolute atomic E-state index is 11.1. The van der Waals surface area contributed by atoms with Crippen LogP contribution in [0.5, 0.6) is 11.5 Å². The fourth-order valence-electron chi connectivity index (χ4n) is 1.50. The number of aliphatic hydroxyl groups is 1. The molecule has 0 aliphatic carbocycles. The normalized spacial score (nSPS) is 11.9. The van der Waals surface area contributed by atoms with Crippen LogP contribution in [0.25, 0.3) is 0 Å². The zero-order valence-corrected chi connectivity index (χ0v) is 10.3. The zero-order valence-electron chi connectivity index (χ0n) is 10.3. The highest BCUT2D eigenvalue weighted by Crippen LogP contribution is 2.31. The van der Waals surface area contributed by atoms with Gasteiger partial charge in [-0.15, -0.1) is 0 Å². The van der Waals surface area contributed by atoms with Gasteiger partial charge < -0.3 is 24.4 Å². The summed E-state index contributed by atoms with van der Waals surface area (Å²) in [5.41, 5.74) is 0.425. The number of hydrogen-bond acceptors (Lipinski definition) is 5. The minimum absolute atomic E-state index is 0.0503. The highest BCUT2D eigenvalue weighted by atomic mass is 16.5. The van der Waals surface area contributed by atoms with E-state index in [2.05, 4.69) is 0 Å². The Kier molecular flexibility index (Phi) is 5.41. The average molecular weight is 256 g/mol. The van der Waals surface area contributed by atoms with Gasteiger partial charge >= 0.3 is 5.97 Å². The molecule has 1 aromatic rings. The van der Waals surface area contributed by atoms with E-state index >= 15 is 0 Å². The number of benzene rings is 1. The van der Waals surface area contributed by atoms with Gasteiger partial charge in [-0.05, 0) is 17.7 Å². The molecule has 1 unspecified atom stereocenters. The number of rotatable bonds is 7. The Bertz CT molecular complexity index is 404. The summed E-state index contributed by atoms with van der Waals surface area (Å²) in [6.45, 7) is -0.289. The van der Waals surface area contributed by atoms with E-state index in [1.165, 1.54) is 20.3 Å². The first-order chi connectivity index (χ1) is 8.63. The van der Waals surface area contributed by atoms with Crippen LogP contribution in [0.15, 0.2) is 18.2 Å². The van der Waals surface area contributed by atoms with E-state index in [1.807, 2.05) is 0 Å². The molecule has 0 saturated carbocycles. The first-order valence-electron chi connectivity index (χ1n) is 5.31. The molecule has 6 heteroatoms. The summed E-state index contributed by atoms with van der Waals surface area (Å²) in [4.78, 5) is 11.1. The van der Waals surface area contributed by atoms with Gasteiger partial charge in [0.1, 0.15) is 0 Å². The molecule has 0 heterocycles. The molecule has 100 valence electrons. The Balaban J connectivity index is 3.01. The van der Waals surface area contributed by atoms with Crippen molar-refractivity contribution in [3.8, 4) is 11.5 Å². The van der Waals surface area contributed by atoms with E-state index < -0.39 is 12.1 Å². The van der Waals surface area contributed by atoms with Gasteiger partial charge in [-0.25, -0.2) is 4.79 Å². The van der Waals surface area contributed by atoms with Crippen molar-refractivity contribution in [1.82, 2.24) is 0 Å². The van der Waals surface area contributed by atoms with Crippen LogP contribution >= 0.6 is 0 Å². The van der Waals surface area contributed by atoms with Crippen molar-refractivity contribution in [2.75, 3.05) is 27.4 Å². The molecule has 6 nitrogen and oxygen atoms in total. The Hall–Kier alpha value is -1.79. The van der Waals surface area contributed by atoms with Crippen LogP contribution in [-0.4, -0.2) is 43.6 Å². The highest BCUT2D eigenvalue weighted by Gasteiger charge is 2.21. The molecule has 1 rings (SSSR count). The van der Waals surface area contributed by atoms with Crippen LogP contribution in [-0.2, 0) is 9.53 Å². The summed E-state index contributed by atoms with van der Waals surface area (Å²) in [6, 6.07) is 4.72. The molecule has 0 radical (unpaired) electrons. The summed E-state index contributed by atoms with van der Waals surface area (Å²) in [7, 11) is 2.96. The molecule has 1 atom stereocenters. The quantitative estimate of drug-likeness (QED) is 0.752. The SMILES string of the molecule is COc1ccc(C(OCCO)C(=O)O)cc1OC. The second kappa shape index (κ2) is 6.83. The molecule has 0 aromatic heterocycles. The second-order valence-electron chi connectivity index (χ2n) is 3.43. The Morgan fingerprint density at radius 1 is 1.28 bits per heavy atom. The molecule has 0 saturated heterocycles. The van der Waals surface area contributed by atoms with Gasteiger partial charge in [-0.2, -0.15) is 0 Å². The van der Waals surface area contributed by atoms with Gasteiger partial charge in [0, 0.05) is 0 Å². The Labute approximate surface area is 105 Å². The van der Waals surface area contributed by atoms with Crippen LogP contribution < -0.4 is 9.47 Å². The molecule has 0 aliphatic rings. The van der Waals surface area contributed by atoms with Crippen LogP contribution in [0, 0.1) is 0 Å². The monoisotopic (exact) mass is 256 g/mol. The van der Waals surface area contributed by atoms with Crippen molar-refractivity contribution in [1.29, 1.82) is 0 Å². The predicted molar refractivity (Wildman–Crippen MR) is 63.0 cm³/mol. The molecule has 2 N–H and O–H groups in total. The first-order valence-corrected chi connectivity index (χ1v) is 5.31. The van der Waals surface area contributed by atoms with Crippen molar-refractivity contribution in [3.05, 3.63) is 23.8 Å². The zero-order chi connectivity index (χ0) is 13.5. The van der Waals surface area contributed by atoms with Gasteiger partial charge in [-0.3, -0.25) is 0 Å². The van der Waals surface area contributed by atoms with E-state index in [0.29, 0.717) is 17.1 Å². The third-order valence-electron chi connectivity index (χ3n) is 2.31. The molecule has 0 amide bonds. The number of hydrogen-bond donors (Lipinski definition) is 2. The topological polar surface area (TPSA) is 85.2 Å². The van der Waals surface area contributed by atoms with Crippen LogP contribution in [0.4, 0.5) is 0 Å². The molecule has 0 fully saturated rings. The molecule has 0 aliphatic heterocycles. The number of ether oxygens (including phenoxy) is 3. The fourth-order valence-corrected chi connectivity index (χ4v) is 1.50. The molecular weight excluding hydrogens is 240 g/mol. The average Bonchev–Trinajstić information content (AvgIpc) is 2.38. The van der Waals surface area contributed by atoms with E-state index in [0.717, 1.165) is 0 Å². The van der Waals surface area contributed by atoms with Crippen molar-refractivity contribution in [2.24, 2.45) is 0 Å². The van der Waals surface area contributed by atoms with Crippen LogP contribution in [0.1, 0.15) is 11.7 Å². The highest BCUT2D eigenvalue weighted by molar-refractivity contribution is 5.74. The molecule has 0 spiro atoms. The van der Waals surface area contributed by atoms with Crippen molar-refractivity contribution < 1.29 is 29.2 Å². The van der Waals surface area contributed by atoms with Gasteiger partial charge in [0.25, 0.3) is 0 Å². The van der Waals surface area contributed by atoms with E-state index in [9.17, 15) is 4.79 Å². The third-order valence-corrected chi connectivity index (χ3v) is 2.31. The lowest BCUT2D eigenvalue weighted by Crippen LogP contribution is -2.17. The molecular formula is C12H16O6. The number of carboxylic acids is 1. The first kappa shape index (κ1) is 14.3. The summed E-state index contributed by atoms with van der Waals surface area (Å²) in [6.07, 6.45) is -1.14. The second-order valence-corrected chi connectivity index (χ2v) is 3.43. The van der Waals surface area contributed by atoms with Crippen molar-refractivity contribution >= 4 is 5.97 Å². The van der Waals surface area contributed by atoms with Crippen LogP contribution in [0.3, 0.4) is 0 Å². The maximum atomic E-state index is 11.1. The maximum Gasteiger partial charge on any atom is 0.337 e. The molecule has 18 heavy (non-hydrogen) atoms. The number of aliphatic carboxylic acids is 1. The predicted octanol–water partition coefficient (Wildman–Crippen LogP) is 0.838. The van der Waals surface area contributed by atoms with E-state index in [-0.39, 0.29) is 13.2 Å². The smallest absolute Gasteiger partial charge is 0.337 e. The lowest BCUT2D eigenvalue weighted by atomic mass is 10.1. The Morgan fingerprint density at radius 3 is 2.44 bits per heavy atom. The van der Waals surface area contributed by atoms with Gasteiger partial charge in [0.05, 0.1) is 27.4 Å². The Morgan fingerprint density at radius 2 is 1.94 bits per heavy atom. The van der Waals surface area contributed by atoms with Crippen molar-refractivity contribution in [3.63, 3.8) is 0 Å². The van der Waals surface area contributed by atoms with Crippen LogP contribution in [0.2, 0.25) is 0 Å². The minimum atomic E-state index is -1.14. The number of aliphatic hydroxyl groups excluding tert-OH is 1. The summed E-state index contributed by atoms with van der Waals surface area (Å²) < 4.78 is 15.2. The lowest BCUT2D eigenvalue weighted by Gasteiger charge is -2.15. The molecule has 1 aromatic carbocycles. The van der Waals surface area contributed by atoms with E-state index in [4.69, 9.17) is 24.4 Å². The number of methoxy groups -OCH3 is 2. The van der Waals surface area contributed by atoms with Crippen molar-refractivity contribution in [2.45, 2.75) is 6.10 Å². The fraction of sp³-hybridized carbons (Fsp3) is 0.417. The summed E-state index contributed by atoms with van der Waals surface area (Å²) in [5.74, 6) is -0.197. The minimum Gasteiger partial charge on any atom is -0.493 e. The number of carbonyl (C=O) groups is 1. The summed E-state index contributed by atoms with van der Waals surface area (Å²) in [5, 5.41) is 17.7. The number of carboxylic acid groups (broad SMARTS) is 1. The summed E-state index contributed by atoms with van der Waals surface area (Å²) >= 11 is 0. The standard InChI is InChI=1S/C12H16O6/c1-16-9-4-3-8(7-10(9)17-2)11(12(14)15)18-6-5-13/h3-4,7,11,13H,5-6H2,1-2H3,(H,14,15). The lowest BCUT2D eigenvalue weighted by molar-refractivity contribution is -0.151. The van der Waals surface area contributed by atoms with E-state index in [1.54, 1.807) is 12.1 Å². The molecule has 0 bridgehead atoms. The van der Waals surface area contributed by atoms with Gasteiger partial charge in [0.2, 0.25) is 0 Å².